The number of hydrogen-bond acceptors (Lipinski definition) is 3. The van der Waals surface area contributed by atoms with E-state index in [4.69, 9.17) is 10.5 Å². The molecule has 0 radical (unpaired) electrons. The quantitative estimate of drug-likeness (QED) is 0.855. The van der Waals surface area contributed by atoms with Crippen molar-refractivity contribution >= 4 is 5.97 Å². The molecule has 104 valence electrons. The van der Waals surface area contributed by atoms with Crippen molar-refractivity contribution in [3.8, 4) is 0 Å². The van der Waals surface area contributed by atoms with Gasteiger partial charge < -0.3 is 10.5 Å². The Morgan fingerprint density at radius 1 is 1.37 bits per heavy atom. The minimum absolute atomic E-state index is 0.0827. The monoisotopic (exact) mass is 265 g/mol. The Labute approximate surface area is 112 Å². The zero-order valence-corrected chi connectivity index (χ0v) is 11.1. The van der Waals surface area contributed by atoms with Crippen molar-refractivity contribution in [1.82, 2.24) is 0 Å². The Kier molecular flexibility index (Phi) is 4.53. The number of methoxy groups -OCH3 is 1. The van der Waals surface area contributed by atoms with Crippen LogP contribution in [-0.4, -0.2) is 19.1 Å². The second-order valence-electron chi connectivity index (χ2n) is 5.28. The van der Waals surface area contributed by atoms with Crippen molar-refractivity contribution in [2.75, 3.05) is 7.11 Å². The van der Waals surface area contributed by atoms with Gasteiger partial charge in [-0.1, -0.05) is 12.1 Å². The van der Waals surface area contributed by atoms with Crippen molar-refractivity contribution in [2.45, 2.75) is 37.6 Å². The second-order valence-corrected chi connectivity index (χ2v) is 5.28. The second kappa shape index (κ2) is 6.15. The van der Waals surface area contributed by atoms with Gasteiger partial charge in [0.05, 0.1) is 7.11 Å². The highest BCUT2D eigenvalue weighted by molar-refractivity contribution is 5.69. The predicted octanol–water partition coefficient (Wildman–Crippen LogP) is 2.60. The third kappa shape index (κ3) is 3.53. The summed E-state index contributed by atoms with van der Waals surface area (Å²) in [5.74, 6) is 0.101. The predicted molar refractivity (Wildman–Crippen MR) is 71.1 cm³/mol. The Hall–Kier alpha value is -1.42. The molecule has 1 fully saturated rings. The van der Waals surface area contributed by atoms with Gasteiger partial charge >= 0.3 is 5.97 Å². The summed E-state index contributed by atoms with van der Waals surface area (Å²) in [5, 5.41) is 0. The molecular weight excluding hydrogens is 245 g/mol. The number of nitrogens with two attached hydrogens (primary N) is 1. The maximum absolute atomic E-state index is 13.0. The van der Waals surface area contributed by atoms with E-state index >= 15 is 0 Å². The summed E-state index contributed by atoms with van der Waals surface area (Å²) >= 11 is 0. The van der Waals surface area contributed by atoms with Gasteiger partial charge in [0.1, 0.15) is 5.82 Å². The molecule has 0 aliphatic heterocycles. The molecule has 1 aromatic rings. The standard InChI is InChI=1S/C15H20FNO2/c1-19-15(18)9-10-2-7-14(17)13(8-10)11-3-5-12(16)6-4-11/h3-6,10,13-14H,2,7-9,17H2,1H3/t10-,13+,14-/m1/s1. The molecule has 0 heterocycles. The third-order valence-corrected chi connectivity index (χ3v) is 3.99. The normalized spacial score (nSPS) is 27.0. The summed E-state index contributed by atoms with van der Waals surface area (Å²) in [6.45, 7) is 0. The number of rotatable bonds is 3. The van der Waals surface area contributed by atoms with Crippen LogP contribution in [-0.2, 0) is 9.53 Å². The molecule has 3 nitrogen and oxygen atoms in total. The molecule has 1 aliphatic carbocycles. The molecule has 1 saturated carbocycles. The Bertz CT molecular complexity index is 432. The van der Waals surface area contributed by atoms with E-state index in [-0.39, 0.29) is 23.7 Å². The minimum atomic E-state index is -0.237. The van der Waals surface area contributed by atoms with Crippen LogP contribution in [0.4, 0.5) is 4.39 Å². The number of carbonyl (C=O) groups excluding carboxylic acids is 1. The van der Waals surface area contributed by atoms with Crippen molar-refractivity contribution in [1.29, 1.82) is 0 Å². The molecule has 0 amide bonds. The SMILES string of the molecule is COC(=O)C[C@@H]1CC[C@@H](N)[C@H](c2ccc(F)cc2)C1. The van der Waals surface area contributed by atoms with Crippen LogP contribution in [0.3, 0.4) is 0 Å². The van der Waals surface area contributed by atoms with E-state index in [1.54, 1.807) is 12.1 Å². The number of carbonyl (C=O) groups is 1. The van der Waals surface area contributed by atoms with E-state index in [1.165, 1.54) is 19.2 Å². The highest BCUT2D eigenvalue weighted by atomic mass is 19.1. The first kappa shape index (κ1) is 14.0. The van der Waals surface area contributed by atoms with Crippen LogP contribution in [0.5, 0.6) is 0 Å². The number of esters is 1. The fraction of sp³-hybridized carbons (Fsp3) is 0.533. The highest BCUT2D eigenvalue weighted by Gasteiger charge is 2.30. The van der Waals surface area contributed by atoms with Crippen molar-refractivity contribution < 1.29 is 13.9 Å². The Morgan fingerprint density at radius 2 is 2.05 bits per heavy atom. The van der Waals surface area contributed by atoms with E-state index in [0.29, 0.717) is 12.3 Å². The van der Waals surface area contributed by atoms with Crippen molar-refractivity contribution in [3.63, 3.8) is 0 Å². The zero-order valence-electron chi connectivity index (χ0n) is 11.1. The molecule has 1 aliphatic rings. The van der Waals surface area contributed by atoms with Crippen LogP contribution in [0.2, 0.25) is 0 Å². The average molecular weight is 265 g/mol. The Balaban J connectivity index is 2.06. The molecule has 0 bridgehead atoms. The number of hydrogen-bond donors (Lipinski definition) is 1. The number of benzene rings is 1. The van der Waals surface area contributed by atoms with Gasteiger partial charge in [-0.25, -0.2) is 4.39 Å². The molecule has 4 heteroatoms. The minimum Gasteiger partial charge on any atom is -0.469 e. The number of halogens is 1. The van der Waals surface area contributed by atoms with Gasteiger partial charge in [0.25, 0.3) is 0 Å². The molecule has 3 atom stereocenters. The van der Waals surface area contributed by atoms with Crippen LogP contribution in [0.25, 0.3) is 0 Å². The van der Waals surface area contributed by atoms with Crippen LogP contribution >= 0.6 is 0 Å². The molecule has 1 aromatic carbocycles. The molecular formula is C15H20FNO2. The first-order valence-corrected chi connectivity index (χ1v) is 6.68. The molecule has 0 aromatic heterocycles. The summed E-state index contributed by atoms with van der Waals surface area (Å²) in [6.07, 6.45) is 3.15. The summed E-state index contributed by atoms with van der Waals surface area (Å²) < 4.78 is 17.7. The van der Waals surface area contributed by atoms with Gasteiger partial charge in [0.2, 0.25) is 0 Å². The summed E-state index contributed by atoms with van der Waals surface area (Å²) in [4.78, 5) is 11.3. The molecule has 2 N–H and O–H groups in total. The van der Waals surface area contributed by atoms with Crippen molar-refractivity contribution in [2.24, 2.45) is 11.7 Å². The lowest BCUT2D eigenvalue weighted by molar-refractivity contribution is -0.142. The number of ether oxygens (including phenoxy) is 1. The summed E-state index contributed by atoms with van der Waals surface area (Å²) in [6, 6.07) is 6.60. The smallest absolute Gasteiger partial charge is 0.305 e. The molecule has 19 heavy (non-hydrogen) atoms. The maximum Gasteiger partial charge on any atom is 0.305 e. The van der Waals surface area contributed by atoms with Gasteiger partial charge in [-0.15, -0.1) is 0 Å². The molecule has 0 saturated heterocycles. The fourth-order valence-corrected chi connectivity index (χ4v) is 2.88. The van der Waals surface area contributed by atoms with E-state index < -0.39 is 0 Å². The van der Waals surface area contributed by atoms with Crippen molar-refractivity contribution in [3.05, 3.63) is 35.6 Å². The molecule has 0 unspecified atom stereocenters. The van der Waals surface area contributed by atoms with E-state index in [0.717, 1.165) is 24.8 Å². The van der Waals surface area contributed by atoms with Crippen LogP contribution in [0, 0.1) is 11.7 Å². The topological polar surface area (TPSA) is 52.3 Å². The highest BCUT2D eigenvalue weighted by Crippen LogP contribution is 2.37. The van der Waals surface area contributed by atoms with Gasteiger partial charge in [-0.3, -0.25) is 4.79 Å². The van der Waals surface area contributed by atoms with Gasteiger partial charge in [-0.05, 0) is 48.8 Å². The van der Waals surface area contributed by atoms with Gasteiger partial charge in [0, 0.05) is 12.5 Å². The van der Waals surface area contributed by atoms with E-state index in [2.05, 4.69) is 0 Å². The molecule has 0 spiro atoms. The van der Waals surface area contributed by atoms with Gasteiger partial charge in [0.15, 0.2) is 0 Å². The fourth-order valence-electron chi connectivity index (χ4n) is 2.88. The zero-order chi connectivity index (χ0) is 13.8. The first-order valence-electron chi connectivity index (χ1n) is 6.68. The maximum atomic E-state index is 13.0. The average Bonchev–Trinajstić information content (AvgIpc) is 2.42. The third-order valence-electron chi connectivity index (χ3n) is 3.99. The van der Waals surface area contributed by atoms with E-state index in [1.807, 2.05) is 0 Å². The lowest BCUT2D eigenvalue weighted by Crippen LogP contribution is -2.35. The van der Waals surface area contributed by atoms with Crippen LogP contribution in [0.15, 0.2) is 24.3 Å². The largest absolute Gasteiger partial charge is 0.469 e. The summed E-state index contributed by atoms with van der Waals surface area (Å²) in [7, 11) is 1.41. The molecule has 2 rings (SSSR count). The lowest BCUT2D eigenvalue weighted by Gasteiger charge is -2.34. The van der Waals surface area contributed by atoms with Crippen LogP contribution < -0.4 is 5.73 Å². The summed E-state index contributed by atoms with van der Waals surface area (Å²) in [5.41, 5.74) is 7.22. The van der Waals surface area contributed by atoms with Gasteiger partial charge in [-0.2, -0.15) is 0 Å². The lowest BCUT2D eigenvalue weighted by atomic mass is 9.74. The Morgan fingerprint density at radius 3 is 2.68 bits per heavy atom. The van der Waals surface area contributed by atoms with Crippen LogP contribution in [0.1, 0.15) is 37.2 Å². The van der Waals surface area contributed by atoms with E-state index in [9.17, 15) is 9.18 Å². The first-order chi connectivity index (χ1) is 9.10.